The van der Waals surface area contributed by atoms with Crippen LogP contribution in [0.15, 0.2) is 48.5 Å². The van der Waals surface area contributed by atoms with Gasteiger partial charge in [0.2, 0.25) is 0 Å². The molecule has 0 heterocycles. The summed E-state index contributed by atoms with van der Waals surface area (Å²) in [5, 5.41) is 17.6. The minimum atomic E-state index is -0.388. The van der Waals surface area contributed by atoms with Gasteiger partial charge in [0.25, 0.3) is 0 Å². The minimum absolute atomic E-state index is 0. The van der Waals surface area contributed by atoms with Gasteiger partial charge in [-0.25, -0.2) is 4.79 Å². The number of ether oxygens (including phenoxy) is 2. The zero-order valence-electron chi connectivity index (χ0n) is 18.4. The van der Waals surface area contributed by atoms with Gasteiger partial charge < -0.3 is 21.1 Å². The summed E-state index contributed by atoms with van der Waals surface area (Å²) < 4.78 is 9.20. The van der Waals surface area contributed by atoms with Crippen molar-refractivity contribution >= 4 is 29.3 Å². The van der Waals surface area contributed by atoms with E-state index >= 15 is 0 Å². The monoisotopic (exact) mass is 426 g/mol. The maximum atomic E-state index is 11.4. The van der Waals surface area contributed by atoms with Crippen LogP contribution in [0.3, 0.4) is 0 Å². The predicted molar refractivity (Wildman–Crippen MR) is 117 cm³/mol. The van der Waals surface area contributed by atoms with Crippen molar-refractivity contribution in [2.75, 3.05) is 20.8 Å². The Balaban J connectivity index is -0.000000476. The van der Waals surface area contributed by atoms with Crippen molar-refractivity contribution in [1.29, 1.82) is 0 Å². The first-order chi connectivity index (χ1) is 13.6. The average molecular weight is 426 g/mol. The molecule has 2 aromatic rings. The molecule has 0 aliphatic carbocycles. The third-order valence-electron chi connectivity index (χ3n) is 4.14. The predicted octanol–water partition coefficient (Wildman–Crippen LogP) is -1.38. The second-order valence-corrected chi connectivity index (χ2v) is 5.98. The van der Waals surface area contributed by atoms with Crippen molar-refractivity contribution < 1.29 is 49.6 Å². The van der Waals surface area contributed by atoms with Crippen molar-refractivity contribution in [3.63, 3.8) is 0 Å². The molecule has 0 unspecified atom stereocenters. The molecule has 0 saturated heterocycles. The summed E-state index contributed by atoms with van der Waals surface area (Å²) in [5.41, 5.74) is 3.38. The van der Waals surface area contributed by atoms with Gasteiger partial charge in [-0.05, 0) is 42.0 Å². The van der Waals surface area contributed by atoms with Gasteiger partial charge in [0.1, 0.15) is 0 Å². The molecule has 160 valence electrons. The molecule has 0 radical (unpaired) electrons. The normalized spacial score (nSPS) is 9.20. The molecule has 0 fully saturated rings. The summed E-state index contributed by atoms with van der Waals surface area (Å²) >= 11 is 0. The van der Waals surface area contributed by atoms with E-state index in [9.17, 15) is 9.59 Å². The van der Waals surface area contributed by atoms with Gasteiger partial charge in [0.05, 0.1) is 26.4 Å². The molecular weight excluding hydrogens is 394 g/mol. The van der Waals surface area contributed by atoms with Crippen LogP contribution in [0.5, 0.6) is 0 Å². The summed E-state index contributed by atoms with van der Waals surface area (Å²) in [7, 11) is 2.67. The molecule has 2 aromatic carbocycles. The third-order valence-corrected chi connectivity index (χ3v) is 4.14. The van der Waals surface area contributed by atoms with Crippen molar-refractivity contribution in [2.24, 2.45) is 0 Å². The first kappa shape index (κ1) is 30.6. The number of esters is 2. The van der Waals surface area contributed by atoms with Gasteiger partial charge in [-0.15, -0.1) is 0 Å². The second-order valence-electron chi connectivity index (χ2n) is 5.98. The van der Waals surface area contributed by atoms with Crippen LogP contribution in [-0.2, 0) is 33.7 Å². The van der Waals surface area contributed by atoms with Crippen LogP contribution in [0.25, 0.3) is 0 Å². The van der Waals surface area contributed by atoms with Gasteiger partial charge in [-0.2, -0.15) is 0 Å². The maximum absolute atomic E-state index is 11.4. The van der Waals surface area contributed by atoms with Crippen LogP contribution >= 0.6 is 0 Å². The van der Waals surface area contributed by atoms with Gasteiger partial charge in [-0.1, -0.05) is 42.5 Å². The summed E-state index contributed by atoms with van der Waals surface area (Å²) in [5.74, 6) is -0.680. The molecule has 0 bridgehead atoms. The number of hydrogen-bond acceptors (Lipinski definition) is 6. The van der Waals surface area contributed by atoms with E-state index in [1.54, 1.807) is 18.2 Å². The van der Waals surface area contributed by atoms with Crippen LogP contribution < -0.4 is 18.9 Å². The number of carbonyl (C=O) groups excluding carboxylic acids is 2. The minimum Gasteiger partial charge on any atom is -1.00 e. The van der Waals surface area contributed by atoms with Crippen LogP contribution in [0.1, 0.15) is 41.3 Å². The maximum Gasteiger partial charge on any atom is 1.00 e. The molecule has 0 atom stereocenters. The van der Waals surface area contributed by atoms with Gasteiger partial charge in [0, 0.05) is 13.0 Å². The first-order valence-corrected chi connectivity index (χ1v) is 9.08. The van der Waals surface area contributed by atoms with Crippen molar-refractivity contribution in [1.82, 2.24) is 0 Å². The number of rotatable bonds is 8. The quantitative estimate of drug-likeness (QED) is 0.399. The third kappa shape index (κ3) is 11.0. The van der Waals surface area contributed by atoms with Gasteiger partial charge >= 0.3 is 30.8 Å². The SMILES string of the molecule is COC(=O)CCc1ccccc1C(=O)OC.OCCCc1ccccc1CO.[AlH3].[H-].[Li+]. The summed E-state index contributed by atoms with van der Waals surface area (Å²) in [6.45, 7) is 0.293. The zero-order valence-corrected chi connectivity index (χ0v) is 17.4. The second kappa shape index (κ2) is 18.2. The van der Waals surface area contributed by atoms with E-state index in [1.807, 2.05) is 30.3 Å². The molecule has 0 aromatic heterocycles. The van der Waals surface area contributed by atoms with Crippen LogP contribution in [-0.4, -0.2) is 60.3 Å². The molecule has 2 N–H and O–H groups in total. The Labute approximate surface area is 202 Å². The summed E-state index contributed by atoms with van der Waals surface area (Å²) in [6.07, 6.45) is 2.33. The van der Waals surface area contributed by atoms with Crippen molar-refractivity contribution in [3.05, 3.63) is 70.8 Å². The van der Waals surface area contributed by atoms with E-state index in [2.05, 4.69) is 9.47 Å². The zero-order chi connectivity index (χ0) is 20.8. The number of aryl methyl sites for hydroxylation is 2. The number of methoxy groups -OCH3 is 2. The van der Waals surface area contributed by atoms with E-state index < -0.39 is 0 Å². The van der Waals surface area contributed by atoms with E-state index in [0.717, 1.165) is 29.5 Å². The Morgan fingerprint density at radius 2 is 1.43 bits per heavy atom. The van der Waals surface area contributed by atoms with Gasteiger partial charge in [-0.3, -0.25) is 4.79 Å². The topological polar surface area (TPSA) is 93.1 Å². The molecule has 0 saturated carbocycles. The number of aliphatic hydroxyl groups excluding tert-OH is 2. The summed E-state index contributed by atoms with van der Waals surface area (Å²) in [4.78, 5) is 22.4. The smallest absolute Gasteiger partial charge is 1.00 e. The Kier molecular flexibility index (Phi) is 18.6. The van der Waals surface area contributed by atoms with E-state index in [1.165, 1.54) is 14.2 Å². The molecule has 0 aliphatic rings. The summed E-state index contributed by atoms with van der Waals surface area (Å²) in [6, 6.07) is 14.8. The Hall–Kier alpha value is -1.57. The fourth-order valence-corrected chi connectivity index (χ4v) is 2.61. The standard InChI is InChI=1S/C12H14O4.C10H14O2.Al.Li.4H/c1-15-11(13)8-7-9-5-3-4-6-10(9)12(14)16-2;11-7-3-6-9-4-1-2-5-10(9)8-12;;;;;;/h3-6H,7-8H2,1-2H3;1-2,4-5,11-12H,3,6-8H2;;;;;;/q;;;+1;;;;-1. The van der Waals surface area contributed by atoms with Gasteiger partial charge in [0.15, 0.2) is 17.4 Å². The fraction of sp³-hybridized carbons (Fsp3) is 0.364. The van der Waals surface area contributed by atoms with E-state index in [-0.39, 0.29) is 69.2 Å². The van der Waals surface area contributed by atoms with Crippen LogP contribution in [0.2, 0.25) is 0 Å². The van der Waals surface area contributed by atoms with Crippen LogP contribution in [0, 0.1) is 0 Å². The molecule has 0 aliphatic heterocycles. The van der Waals surface area contributed by atoms with Crippen LogP contribution in [0.4, 0.5) is 0 Å². The molecule has 8 heteroatoms. The molecular formula is C22H32AlLiO6. The van der Waals surface area contributed by atoms with E-state index in [0.29, 0.717) is 12.0 Å². The molecule has 0 amide bonds. The largest absolute Gasteiger partial charge is 1.00 e. The van der Waals surface area contributed by atoms with Crippen molar-refractivity contribution in [2.45, 2.75) is 32.3 Å². The molecule has 6 nitrogen and oxygen atoms in total. The Morgan fingerprint density at radius 3 is 1.97 bits per heavy atom. The first-order valence-electron chi connectivity index (χ1n) is 9.08. The van der Waals surface area contributed by atoms with E-state index in [4.69, 9.17) is 10.2 Å². The average Bonchev–Trinajstić information content (AvgIpc) is 2.76. The Bertz CT molecular complexity index is 760. The number of benzene rings is 2. The Morgan fingerprint density at radius 1 is 0.867 bits per heavy atom. The number of carbonyl (C=O) groups is 2. The molecule has 30 heavy (non-hydrogen) atoms. The number of hydrogen-bond donors (Lipinski definition) is 2. The molecule has 2 rings (SSSR count). The number of aliphatic hydroxyl groups is 2. The van der Waals surface area contributed by atoms with Crippen molar-refractivity contribution in [3.8, 4) is 0 Å². The molecule has 0 spiro atoms. The fourth-order valence-electron chi connectivity index (χ4n) is 2.61.